The molecule has 4 N–H and O–H groups in total. The van der Waals surface area contributed by atoms with Gasteiger partial charge >= 0.3 is 0 Å². The highest BCUT2D eigenvalue weighted by Crippen LogP contribution is 2.35. The number of nitrogens with two attached hydrogens (primary N) is 2. The molecule has 3 nitrogen and oxygen atoms in total. The molecule has 3 heteroatoms. The van der Waals surface area contributed by atoms with E-state index in [9.17, 15) is 0 Å². The lowest BCUT2D eigenvalue weighted by atomic mass is 9.98. The second-order valence-electron chi connectivity index (χ2n) is 4.52. The molecule has 0 radical (unpaired) electrons. The van der Waals surface area contributed by atoms with Crippen LogP contribution < -0.4 is 11.5 Å². The smallest absolute Gasteiger partial charge is 0.0422 e. The van der Waals surface area contributed by atoms with Crippen molar-refractivity contribution in [1.82, 2.24) is 4.90 Å². The van der Waals surface area contributed by atoms with Gasteiger partial charge in [-0.2, -0.15) is 0 Å². The van der Waals surface area contributed by atoms with Crippen LogP contribution >= 0.6 is 0 Å². The van der Waals surface area contributed by atoms with Gasteiger partial charge in [-0.25, -0.2) is 0 Å². The maximum atomic E-state index is 6.14. The van der Waals surface area contributed by atoms with Gasteiger partial charge in [0.1, 0.15) is 0 Å². The molecule has 0 aromatic rings. The van der Waals surface area contributed by atoms with Gasteiger partial charge in [0.15, 0.2) is 0 Å². The predicted octanol–water partition coefficient (Wildman–Crippen LogP) is -0.101. The molecule has 2 fully saturated rings. The standard InChI is InChI=1S/C9H19N3/c1-7-4-9(11,5-10)6-12(7)8-2-3-8/h7-8H,2-6,10-11H2,1H3. The van der Waals surface area contributed by atoms with Gasteiger partial charge in [-0.05, 0) is 26.2 Å². The molecule has 0 spiro atoms. The second-order valence-corrected chi connectivity index (χ2v) is 4.52. The van der Waals surface area contributed by atoms with Gasteiger partial charge in [0.25, 0.3) is 0 Å². The molecule has 0 aromatic heterocycles. The lowest BCUT2D eigenvalue weighted by Crippen LogP contribution is -2.49. The molecule has 1 aliphatic carbocycles. The largest absolute Gasteiger partial charge is 0.329 e. The Morgan fingerprint density at radius 2 is 2.17 bits per heavy atom. The number of hydrogen-bond donors (Lipinski definition) is 2. The molecule has 1 heterocycles. The lowest BCUT2D eigenvalue weighted by molar-refractivity contribution is 0.250. The van der Waals surface area contributed by atoms with Gasteiger partial charge in [0.2, 0.25) is 0 Å². The van der Waals surface area contributed by atoms with E-state index in [-0.39, 0.29) is 5.54 Å². The Morgan fingerprint density at radius 3 is 2.58 bits per heavy atom. The van der Waals surface area contributed by atoms with Crippen LogP contribution in [0.1, 0.15) is 26.2 Å². The zero-order valence-corrected chi connectivity index (χ0v) is 7.79. The highest BCUT2D eigenvalue weighted by atomic mass is 15.3. The summed E-state index contributed by atoms with van der Waals surface area (Å²) in [7, 11) is 0. The number of hydrogen-bond acceptors (Lipinski definition) is 3. The van der Waals surface area contributed by atoms with Gasteiger partial charge in [-0.15, -0.1) is 0 Å². The molecule has 2 unspecified atom stereocenters. The fourth-order valence-electron chi connectivity index (χ4n) is 2.33. The van der Waals surface area contributed by atoms with E-state index in [0.29, 0.717) is 12.6 Å². The minimum atomic E-state index is -0.0952. The molecule has 0 aromatic carbocycles. The van der Waals surface area contributed by atoms with Crippen molar-refractivity contribution in [2.45, 2.75) is 43.8 Å². The predicted molar refractivity (Wildman–Crippen MR) is 49.8 cm³/mol. The van der Waals surface area contributed by atoms with Gasteiger partial charge in [0.05, 0.1) is 0 Å². The summed E-state index contributed by atoms with van der Waals surface area (Å²) in [4.78, 5) is 2.53. The summed E-state index contributed by atoms with van der Waals surface area (Å²) in [6.45, 7) is 3.90. The fraction of sp³-hybridized carbons (Fsp3) is 1.00. The molecule has 1 aliphatic heterocycles. The van der Waals surface area contributed by atoms with E-state index in [0.717, 1.165) is 19.0 Å². The monoisotopic (exact) mass is 169 g/mol. The van der Waals surface area contributed by atoms with Crippen LogP contribution in [0, 0.1) is 0 Å². The Balaban J connectivity index is 2.00. The maximum Gasteiger partial charge on any atom is 0.0422 e. The summed E-state index contributed by atoms with van der Waals surface area (Å²) in [6.07, 6.45) is 3.80. The summed E-state index contributed by atoms with van der Waals surface area (Å²) in [6, 6.07) is 1.48. The van der Waals surface area contributed by atoms with Crippen LogP contribution in [0.25, 0.3) is 0 Å². The summed E-state index contributed by atoms with van der Waals surface area (Å²) in [5, 5.41) is 0. The van der Waals surface area contributed by atoms with Crippen molar-refractivity contribution >= 4 is 0 Å². The summed E-state index contributed by atoms with van der Waals surface area (Å²) < 4.78 is 0. The van der Waals surface area contributed by atoms with E-state index in [1.54, 1.807) is 0 Å². The van der Waals surface area contributed by atoms with E-state index in [1.165, 1.54) is 12.8 Å². The molecule has 2 atom stereocenters. The van der Waals surface area contributed by atoms with Crippen molar-refractivity contribution in [2.24, 2.45) is 11.5 Å². The first-order valence-electron chi connectivity index (χ1n) is 4.89. The van der Waals surface area contributed by atoms with Crippen LogP contribution in [0.5, 0.6) is 0 Å². The van der Waals surface area contributed by atoms with Crippen molar-refractivity contribution in [1.29, 1.82) is 0 Å². The summed E-state index contributed by atoms with van der Waals surface area (Å²) in [5.41, 5.74) is 11.7. The topological polar surface area (TPSA) is 55.3 Å². The van der Waals surface area contributed by atoms with Crippen molar-refractivity contribution in [2.75, 3.05) is 13.1 Å². The van der Waals surface area contributed by atoms with Crippen LogP contribution in [0.4, 0.5) is 0 Å². The van der Waals surface area contributed by atoms with E-state index >= 15 is 0 Å². The normalized spacial score (nSPS) is 43.8. The Bertz CT molecular complexity index is 179. The minimum absolute atomic E-state index is 0.0952. The van der Waals surface area contributed by atoms with Crippen LogP contribution in [0.15, 0.2) is 0 Å². The van der Waals surface area contributed by atoms with Gasteiger partial charge in [-0.3, -0.25) is 4.90 Å². The third kappa shape index (κ3) is 1.37. The highest BCUT2D eigenvalue weighted by Gasteiger charge is 2.44. The fourth-order valence-corrected chi connectivity index (χ4v) is 2.33. The minimum Gasteiger partial charge on any atom is -0.329 e. The molecule has 1 saturated carbocycles. The average molecular weight is 169 g/mol. The molecule has 70 valence electrons. The van der Waals surface area contributed by atoms with Crippen LogP contribution in [0.3, 0.4) is 0 Å². The van der Waals surface area contributed by atoms with E-state index < -0.39 is 0 Å². The number of nitrogens with zero attached hydrogens (tertiary/aromatic N) is 1. The van der Waals surface area contributed by atoms with Crippen molar-refractivity contribution in [3.63, 3.8) is 0 Å². The summed E-state index contributed by atoms with van der Waals surface area (Å²) >= 11 is 0. The Morgan fingerprint density at radius 1 is 1.50 bits per heavy atom. The zero-order valence-electron chi connectivity index (χ0n) is 7.79. The zero-order chi connectivity index (χ0) is 8.77. The Kier molecular flexibility index (Phi) is 1.90. The molecule has 12 heavy (non-hydrogen) atoms. The first-order valence-corrected chi connectivity index (χ1v) is 4.89. The first kappa shape index (κ1) is 8.48. The SMILES string of the molecule is CC1CC(N)(CN)CN1C1CC1. The third-order valence-electron chi connectivity index (χ3n) is 3.19. The van der Waals surface area contributed by atoms with Gasteiger partial charge < -0.3 is 11.5 Å². The maximum absolute atomic E-state index is 6.14. The Hall–Kier alpha value is -0.120. The molecule has 2 rings (SSSR count). The van der Waals surface area contributed by atoms with E-state index in [4.69, 9.17) is 11.5 Å². The van der Waals surface area contributed by atoms with Crippen LogP contribution in [-0.2, 0) is 0 Å². The third-order valence-corrected chi connectivity index (χ3v) is 3.19. The summed E-state index contributed by atoms with van der Waals surface area (Å²) in [5.74, 6) is 0. The second kappa shape index (κ2) is 2.69. The first-order chi connectivity index (χ1) is 5.64. The Labute approximate surface area is 74.1 Å². The molecule has 0 bridgehead atoms. The quantitative estimate of drug-likeness (QED) is 0.607. The van der Waals surface area contributed by atoms with Crippen LogP contribution in [-0.4, -0.2) is 35.6 Å². The molecular formula is C9H19N3. The molecule has 2 aliphatic rings. The van der Waals surface area contributed by atoms with Gasteiger partial charge in [0, 0.05) is 30.7 Å². The van der Waals surface area contributed by atoms with E-state index in [1.807, 2.05) is 0 Å². The molecular weight excluding hydrogens is 150 g/mol. The molecule has 0 amide bonds. The molecule has 1 saturated heterocycles. The van der Waals surface area contributed by atoms with Crippen LogP contribution in [0.2, 0.25) is 0 Å². The van der Waals surface area contributed by atoms with E-state index in [2.05, 4.69) is 11.8 Å². The van der Waals surface area contributed by atoms with Gasteiger partial charge in [-0.1, -0.05) is 0 Å². The number of likely N-dealkylation sites (tertiary alicyclic amines) is 1. The highest BCUT2D eigenvalue weighted by molar-refractivity contribution is 5.03. The number of rotatable bonds is 2. The van der Waals surface area contributed by atoms with Crippen molar-refractivity contribution in [3.8, 4) is 0 Å². The lowest BCUT2D eigenvalue weighted by Gasteiger charge is -2.22. The van der Waals surface area contributed by atoms with Crippen molar-refractivity contribution in [3.05, 3.63) is 0 Å². The van der Waals surface area contributed by atoms with Crippen molar-refractivity contribution < 1.29 is 0 Å². The average Bonchev–Trinajstić information content (AvgIpc) is 2.80.